The van der Waals surface area contributed by atoms with Gasteiger partial charge in [0.1, 0.15) is 0 Å². The van der Waals surface area contributed by atoms with E-state index in [0.29, 0.717) is 35.8 Å². The molecule has 0 aliphatic carbocycles. The van der Waals surface area contributed by atoms with Crippen LogP contribution in [0.2, 0.25) is 0 Å². The molecule has 168 valence electrons. The smallest absolute Gasteiger partial charge is 0.322 e. The van der Waals surface area contributed by atoms with Gasteiger partial charge < -0.3 is 13.9 Å². The van der Waals surface area contributed by atoms with E-state index in [1.807, 2.05) is 44.2 Å². The van der Waals surface area contributed by atoms with Gasteiger partial charge in [0.2, 0.25) is 5.89 Å². The first kappa shape index (κ1) is 22.1. The minimum atomic E-state index is -0.321. The van der Waals surface area contributed by atoms with Gasteiger partial charge in [-0.15, -0.1) is 5.10 Å². The Morgan fingerprint density at radius 2 is 1.55 bits per heavy atom. The number of aromatic nitrogens is 2. The first-order valence-corrected chi connectivity index (χ1v) is 10.8. The van der Waals surface area contributed by atoms with Crippen LogP contribution in [0.5, 0.6) is 11.5 Å². The van der Waals surface area contributed by atoms with Crippen molar-refractivity contribution in [3.63, 3.8) is 0 Å². The lowest BCUT2D eigenvalue weighted by molar-refractivity contribution is 0.102. The van der Waals surface area contributed by atoms with Gasteiger partial charge in [0, 0.05) is 11.1 Å². The van der Waals surface area contributed by atoms with Crippen molar-refractivity contribution in [2.24, 2.45) is 0 Å². The third kappa shape index (κ3) is 5.57. The monoisotopic (exact) mass is 443 g/mol. The van der Waals surface area contributed by atoms with E-state index in [1.54, 1.807) is 30.3 Å². The molecule has 0 saturated heterocycles. The normalized spacial score (nSPS) is 10.6. The van der Waals surface area contributed by atoms with Gasteiger partial charge in [-0.1, -0.05) is 47.6 Å². The Kier molecular flexibility index (Phi) is 6.99. The summed E-state index contributed by atoms with van der Waals surface area (Å²) in [6.07, 6.45) is 0.807. The number of rotatable bonds is 9. The number of carbonyl (C=O) groups excluding carboxylic acids is 1. The number of ether oxygens (including phenoxy) is 2. The molecule has 33 heavy (non-hydrogen) atoms. The van der Waals surface area contributed by atoms with E-state index in [-0.39, 0.29) is 17.8 Å². The number of hydrogen-bond donors (Lipinski definition) is 1. The maximum Gasteiger partial charge on any atom is 0.322 e. The molecule has 0 fully saturated rings. The Hall–Kier alpha value is -4.13. The molecule has 0 radical (unpaired) electrons. The van der Waals surface area contributed by atoms with E-state index in [4.69, 9.17) is 13.9 Å². The summed E-state index contributed by atoms with van der Waals surface area (Å²) >= 11 is 0. The maximum absolute atomic E-state index is 12.6. The van der Waals surface area contributed by atoms with Crippen molar-refractivity contribution >= 4 is 11.9 Å². The summed E-state index contributed by atoms with van der Waals surface area (Å²) in [6.45, 7) is 4.84. The van der Waals surface area contributed by atoms with Crippen LogP contribution in [0.3, 0.4) is 0 Å². The largest absolute Gasteiger partial charge is 0.490 e. The second-order valence-electron chi connectivity index (χ2n) is 7.25. The molecule has 7 heteroatoms. The quantitative estimate of drug-likeness (QED) is 0.374. The minimum Gasteiger partial charge on any atom is -0.490 e. The van der Waals surface area contributed by atoms with Crippen LogP contribution in [-0.4, -0.2) is 29.3 Å². The van der Waals surface area contributed by atoms with Crippen molar-refractivity contribution in [1.29, 1.82) is 0 Å². The lowest BCUT2D eigenvalue weighted by Gasteiger charge is -2.11. The van der Waals surface area contributed by atoms with Crippen molar-refractivity contribution in [3.05, 3.63) is 89.5 Å². The minimum absolute atomic E-state index is 0.0233. The fourth-order valence-corrected chi connectivity index (χ4v) is 3.35. The molecular formula is C26H25N3O4. The molecule has 1 aromatic heterocycles. The van der Waals surface area contributed by atoms with E-state index >= 15 is 0 Å². The van der Waals surface area contributed by atoms with Gasteiger partial charge in [0.25, 0.3) is 5.91 Å². The number of nitrogens with one attached hydrogen (secondary N) is 1. The first-order valence-electron chi connectivity index (χ1n) is 10.8. The van der Waals surface area contributed by atoms with Crippen LogP contribution in [-0.2, 0) is 6.42 Å². The molecule has 0 unspecified atom stereocenters. The van der Waals surface area contributed by atoms with Gasteiger partial charge in [-0.25, -0.2) is 0 Å². The average molecular weight is 444 g/mol. The predicted octanol–water partition coefficient (Wildman–Crippen LogP) is 5.38. The Bertz CT molecular complexity index is 1200. The summed E-state index contributed by atoms with van der Waals surface area (Å²) < 4.78 is 16.9. The SMILES string of the molecule is CCOc1ccc(-c2nnc(NC(=O)c3ccc(Cc4ccccc4)cc3)o2)cc1OCC. The van der Waals surface area contributed by atoms with Crippen LogP contribution >= 0.6 is 0 Å². The molecule has 0 atom stereocenters. The van der Waals surface area contributed by atoms with Crippen molar-refractivity contribution < 1.29 is 18.7 Å². The Morgan fingerprint density at radius 3 is 2.27 bits per heavy atom. The summed E-state index contributed by atoms with van der Waals surface area (Å²) in [6, 6.07) is 23.0. The van der Waals surface area contributed by atoms with Gasteiger partial charge in [-0.05, 0) is 61.7 Å². The first-order chi connectivity index (χ1) is 16.2. The number of hydrogen-bond acceptors (Lipinski definition) is 6. The highest BCUT2D eigenvalue weighted by Gasteiger charge is 2.15. The topological polar surface area (TPSA) is 86.5 Å². The predicted molar refractivity (Wildman–Crippen MR) is 126 cm³/mol. The number of carbonyl (C=O) groups is 1. The van der Waals surface area contributed by atoms with Crippen LogP contribution in [0.4, 0.5) is 6.01 Å². The average Bonchev–Trinajstić information content (AvgIpc) is 3.30. The Balaban J connectivity index is 1.43. The number of anilines is 1. The van der Waals surface area contributed by atoms with Crippen molar-refractivity contribution in [1.82, 2.24) is 10.2 Å². The molecule has 1 amide bonds. The molecule has 0 saturated carbocycles. The van der Waals surface area contributed by atoms with Crippen molar-refractivity contribution in [3.8, 4) is 23.0 Å². The van der Waals surface area contributed by atoms with E-state index in [2.05, 4.69) is 27.6 Å². The zero-order valence-electron chi connectivity index (χ0n) is 18.6. The zero-order valence-corrected chi connectivity index (χ0v) is 18.6. The van der Waals surface area contributed by atoms with Crippen LogP contribution in [0.25, 0.3) is 11.5 Å². The van der Waals surface area contributed by atoms with E-state index in [1.165, 1.54) is 5.56 Å². The molecule has 3 aromatic carbocycles. The van der Waals surface area contributed by atoms with Gasteiger partial charge in [0.05, 0.1) is 13.2 Å². The van der Waals surface area contributed by atoms with Crippen LogP contribution in [0.1, 0.15) is 35.3 Å². The fourth-order valence-electron chi connectivity index (χ4n) is 3.35. The molecule has 4 aromatic rings. The zero-order chi connectivity index (χ0) is 23.0. The standard InChI is InChI=1S/C26H25N3O4/c1-3-31-22-15-14-21(17-23(22)32-4-2)25-28-29-26(33-25)27-24(30)20-12-10-19(11-13-20)16-18-8-6-5-7-9-18/h5-15,17H,3-4,16H2,1-2H3,(H,27,29,30). The van der Waals surface area contributed by atoms with E-state index in [9.17, 15) is 4.79 Å². The molecule has 0 spiro atoms. The molecule has 1 N–H and O–H groups in total. The third-order valence-corrected chi connectivity index (χ3v) is 4.90. The number of amides is 1. The summed E-state index contributed by atoms with van der Waals surface area (Å²) in [5.41, 5.74) is 3.51. The van der Waals surface area contributed by atoms with Crippen LogP contribution in [0.15, 0.2) is 77.2 Å². The Morgan fingerprint density at radius 1 is 0.848 bits per heavy atom. The molecule has 0 aliphatic rings. The Labute approximate surface area is 192 Å². The second-order valence-corrected chi connectivity index (χ2v) is 7.25. The van der Waals surface area contributed by atoms with Crippen molar-refractivity contribution in [2.75, 3.05) is 18.5 Å². The lowest BCUT2D eigenvalue weighted by Crippen LogP contribution is -2.12. The highest BCUT2D eigenvalue weighted by molar-refractivity contribution is 6.03. The number of nitrogens with zero attached hydrogens (tertiary/aromatic N) is 2. The molecule has 0 bridgehead atoms. The second kappa shape index (κ2) is 10.5. The van der Waals surface area contributed by atoms with Gasteiger partial charge >= 0.3 is 6.01 Å². The molecular weight excluding hydrogens is 418 g/mol. The fraction of sp³-hybridized carbons (Fsp3) is 0.192. The van der Waals surface area contributed by atoms with Gasteiger partial charge in [-0.3, -0.25) is 10.1 Å². The summed E-state index contributed by atoms with van der Waals surface area (Å²) in [7, 11) is 0. The third-order valence-electron chi connectivity index (χ3n) is 4.90. The summed E-state index contributed by atoms with van der Waals surface area (Å²) in [4.78, 5) is 12.6. The molecule has 0 aliphatic heterocycles. The van der Waals surface area contributed by atoms with Gasteiger partial charge in [0.15, 0.2) is 11.5 Å². The number of benzene rings is 3. The highest BCUT2D eigenvalue weighted by Crippen LogP contribution is 2.32. The highest BCUT2D eigenvalue weighted by atomic mass is 16.5. The molecule has 1 heterocycles. The van der Waals surface area contributed by atoms with Crippen LogP contribution < -0.4 is 14.8 Å². The van der Waals surface area contributed by atoms with Crippen LogP contribution in [0, 0.1) is 0 Å². The van der Waals surface area contributed by atoms with E-state index in [0.717, 1.165) is 12.0 Å². The van der Waals surface area contributed by atoms with Gasteiger partial charge in [-0.2, -0.15) is 0 Å². The lowest BCUT2D eigenvalue weighted by atomic mass is 10.0. The molecule has 4 rings (SSSR count). The summed E-state index contributed by atoms with van der Waals surface area (Å²) in [5, 5.41) is 10.6. The maximum atomic E-state index is 12.6. The summed E-state index contributed by atoms with van der Waals surface area (Å²) in [5.74, 6) is 1.19. The van der Waals surface area contributed by atoms with Crippen molar-refractivity contribution in [2.45, 2.75) is 20.3 Å². The van der Waals surface area contributed by atoms with E-state index < -0.39 is 0 Å². The molecule has 7 nitrogen and oxygen atoms in total.